The second-order valence-corrected chi connectivity index (χ2v) is 9.13. The lowest BCUT2D eigenvalue weighted by Crippen LogP contribution is -2.14. The SMILES string of the molecule is COCC(Cc1ccc(O)cc1)=NC(=O)c1cc(SC)c2cc(-c3cccc(C(F)(F)F)c3)ccc2n1. The van der Waals surface area contributed by atoms with Crippen LogP contribution in [0.15, 0.2) is 82.7 Å². The molecular weight excluding hydrogens is 501 g/mol. The van der Waals surface area contributed by atoms with E-state index in [4.69, 9.17) is 4.74 Å². The van der Waals surface area contributed by atoms with Gasteiger partial charge in [0.2, 0.25) is 0 Å². The van der Waals surface area contributed by atoms with Gasteiger partial charge in [-0.2, -0.15) is 13.2 Å². The number of phenols is 1. The maximum atomic E-state index is 13.2. The van der Waals surface area contributed by atoms with Gasteiger partial charge in [-0.1, -0.05) is 30.3 Å². The van der Waals surface area contributed by atoms with E-state index in [1.165, 1.54) is 24.9 Å². The molecule has 4 rings (SSSR count). The lowest BCUT2D eigenvalue weighted by Gasteiger charge is -2.11. The number of benzene rings is 3. The van der Waals surface area contributed by atoms with Crippen LogP contribution in [0.5, 0.6) is 5.75 Å². The van der Waals surface area contributed by atoms with Crippen molar-refractivity contribution in [2.24, 2.45) is 4.99 Å². The predicted molar refractivity (Wildman–Crippen MR) is 139 cm³/mol. The molecule has 0 fully saturated rings. The highest BCUT2D eigenvalue weighted by atomic mass is 32.2. The second kappa shape index (κ2) is 11.1. The third-order valence-electron chi connectivity index (χ3n) is 5.65. The summed E-state index contributed by atoms with van der Waals surface area (Å²) in [4.78, 5) is 22.5. The number of alkyl halides is 3. The van der Waals surface area contributed by atoms with E-state index in [1.807, 2.05) is 6.26 Å². The highest BCUT2D eigenvalue weighted by Crippen LogP contribution is 2.34. The average molecular weight is 525 g/mol. The number of aromatic nitrogens is 1. The summed E-state index contributed by atoms with van der Waals surface area (Å²) in [6, 6.07) is 18.6. The van der Waals surface area contributed by atoms with Gasteiger partial charge in [-0.15, -0.1) is 11.8 Å². The van der Waals surface area contributed by atoms with Gasteiger partial charge in [-0.3, -0.25) is 4.79 Å². The second-order valence-electron chi connectivity index (χ2n) is 8.28. The van der Waals surface area contributed by atoms with Crippen LogP contribution in [-0.2, 0) is 17.3 Å². The summed E-state index contributed by atoms with van der Waals surface area (Å²) >= 11 is 1.41. The van der Waals surface area contributed by atoms with E-state index in [0.29, 0.717) is 28.8 Å². The summed E-state index contributed by atoms with van der Waals surface area (Å²) < 4.78 is 44.7. The first-order chi connectivity index (χ1) is 17.7. The van der Waals surface area contributed by atoms with Gasteiger partial charge in [0.05, 0.1) is 23.4 Å². The number of aromatic hydroxyl groups is 1. The topological polar surface area (TPSA) is 71.8 Å². The fourth-order valence-electron chi connectivity index (χ4n) is 3.87. The zero-order chi connectivity index (χ0) is 26.6. The van der Waals surface area contributed by atoms with Crippen LogP contribution in [0.25, 0.3) is 22.0 Å². The van der Waals surface area contributed by atoms with Crippen LogP contribution in [0, 0.1) is 0 Å². The molecule has 1 N–H and O–H groups in total. The maximum Gasteiger partial charge on any atom is 0.416 e. The molecule has 0 saturated carbocycles. The molecule has 1 heterocycles. The summed E-state index contributed by atoms with van der Waals surface area (Å²) in [7, 11) is 1.51. The Balaban J connectivity index is 1.68. The summed E-state index contributed by atoms with van der Waals surface area (Å²) in [6.45, 7) is 0.149. The minimum atomic E-state index is -4.43. The largest absolute Gasteiger partial charge is 0.508 e. The normalized spacial score (nSPS) is 12.2. The number of nitrogens with zero attached hydrogens (tertiary/aromatic N) is 2. The number of thioether (sulfide) groups is 1. The first-order valence-corrected chi connectivity index (χ1v) is 12.4. The number of hydrogen-bond donors (Lipinski definition) is 1. The van der Waals surface area contributed by atoms with Crippen molar-refractivity contribution in [2.45, 2.75) is 17.5 Å². The molecule has 4 aromatic rings. The van der Waals surface area contributed by atoms with Crippen LogP contribution >= 0.6 is 11.8 Å². The van der Waals surface area contributed by atoms with Gasteiger partial charge in [-0.05, 0) is 65.4 Å². The van der Waals surface area contributed by atoms with Crippen LogP contribution in [0.1, 0.15) is 21.6 Å². The van der Waals surface area contributed by atoms with Crippen LogP contribution < -0.4 is 0 Å². The van der Waals surface area contributed by atoms with Crippen LogP contribution in [0.3, 0.4) is 0 Å². The fraction of sp³-hybridized carbons (Fsp3) is 0.179. The molecular formula is C28H23F3N2O3S. The third kappa shape index (κ3) is 6.36. The molecule has 0 saturated heterocycles. The first-order valence-electron chi connectivity index (χ1n) is 11.2. The van der Waals surface area contributed by atoms with E-state index in [2.05, 4.69) is 9.98 Å². The molecule has 9 heteroatoms. The Kier molecular flexibility index (Phi) is 7.94. The number of phenolic OH excluding ortho intramolecular Hbond substituents is 1. The third-order valence-corrected chi connectivity index (χ3v) is 6.43. The monoisotopic (exact) mass is 524 g/mol. The minimum Gasteiger partial charge on any atom is -0.508 e. The molecule has 0 bridgehead atoms. The predicted octanol–water partition coefficient (Wildman–Crippen LogP) is 6.82. The van der Waals surface area contributed by atoms with Gasteiger partial charge in [0.25, 0.3) is 5.91 Å². The first kappa shape index (κ1) is 26.4. The van der Waals surface area contributed by atoms with Crippen molar-refractivity contribution in [3.63, 3.8) is 0 Å². The van der Waals surface area contributed by atoms with Crippen LogP contribution in [0.4, 0.5) is 13.2 Å². The molecule has 0 atom stereocenters. The number of carbonyl (C=O) groups excluding carboxylic acids is 1. The van der Waals surface area contributed by atoms with Crippen molar-refractivity contribution < 1.29 is 27.8 Å². The molecule has 37 heavy (non-hydrogen) atoms. The van der Waals surface area contributed by atoms with Crippen molar-refractivity contribution in [1.29, 1.82) is 0 Å². The van der Waals surface area contributed by atoms with Crippen molar-refractivity contribution >= 4 is 34.3 Å². The van der Waals surface area contributed by atoms with E-state index in [0.717, 1.165) is 28.0 Å². The standard InChI is InChI=1S/C28H23F3N2O3S/c1-36-16-21(12-17-6-9-22(34)10-7-17)32-27(35)25-15-26(37-2)23-14-19(8-11-24(23)33-25)18-4-3-5-20(13-18)28(29,30)31/h3-11,13-15,34H,12,16H2,1-2H3. The number of pyridine rings is 1. The quantitative estimate of drug-likeness (QED) is 0.212. The van der Waals surface area contributed by atoms with Gasteiger partial charge in [-0.25, -0.2) is 9.98 Å². The Morgan fingerprint density at radius 2 is 1.76 bits per heavy atom. The molecule has 0 aliphatic carbocycles. The van der Waals surface area contributed by atoms with E-state index in [-0.39, 0.29) is 18.1 Å². The van der Waals surface area contributed by atoms with Crippen molar-refractivity contribution in [1.82, 2.24) is 4.98 Å². The van der Waals surface area contributed by atoms with E-state index in [1.54, 1.807) is 54.6 Å². The number of halogens is 3. The number of rotatable bonds is 7. The Labute approximate surface area is 216 Å². The molecule has 0 aliphatic rings. The number of hydrogen-bond acceptors (Lipinski definition) is 5. The van der Waals surface area contributed by atoms with Gasteiger partial charge < -0.3 is 9.84 Å². The minimum absolute atomic E-state index is 0.145. The van der Waals surface area contributed by atoms with Gasteiger partial charge >= 0.3 is 6.18 Å². The number of ether oxygens (including phenoxy) is 1. The molecule has 5 nitrogen and oxygen atoms in total. The van der Waals surface area contributed by atoms with Crippen molar-refractivity contribution in [2.75, 3.05) is 20.0 Å². The molecule has 3 aromatic carbocycles. The zero-order valence-corrected chi connectivity index (χ0v) is 20.9. The Bertz CT molecular complexity index is 1470. The fourth-order valence-corrected chi connectivity index (χ4v) is 4.48. The van der Waals surface area contributed by atoms with Gasteiger partial charge in [0.1, 0.15) is 11.4 Å². The van der Waals surface area contributed by atoms with E-state index in [9.17, 15) is 23.1 Å². The van der Waals surface area contributed by atoms with Crippen LogP contribution in [-0.4, -0.2) is 41.7 Å². The lowest BCUT2D eigenvalue weighted by molar-refractivity contribution is -0.137. The van der Waals surface area contributed by atoms with Crippen LogP contribution in [0.2, 0.25) is 0 Å². The molecule has 0 spiro atoms. The van der Waals surface area contributed by atoms with Crippen molar-refractivity contribution in [3.05, 3.63) is 89.6 Å². The Morgan fingerprint density at radius 3 is 2.43 bits per heavy atom. The summed E-state index contributed by atoms with van der Waals surface area (Å²) in [5, 5.41) is 10.2. The maximum absolute atomic E-state index is 13.2. The molecule has 0 radical (unpaired) electrons. The van der Waals surface area contributed by atoms with Gasteiger partial charge in [0, 0.05) is 23.8 Å². The molecule has 1 amide bonds. The summed E-state index contributed by atoms with van der Waals surface area (Å²) in [5.74, 6) is -0.379. The van der Waals surface area contributed by atoms with Gasteiger partial charge in [0.15, 0.2) is 0 Å². The molecule has 190 valence electrons. The Morgan fingerprint density at radius 1 is 1.03 bits per heavy atom. The molecule has 1 aromatic heterocycles. The number of carbonyl (C=O) groups is 1. The Hall–Kier alpha value is -3.69. The highest BCUT2D eigenvalue weighted by Gasteiger charge is 2.30. The summed E-state index contributed by atoms with van der Waals surface area (Å²) in [6.07, 6.45) is -2.22. The smallest absolute Gasteiger partial charge is 0.416 e. The summed E-state index contributed by atoms with van der Waals surface area (Å²) in [5.41, 5.74) is 2.39. The lowest BCUT2D eigenvalue weighted by atomic mass is 10.0. The number of methoxy groups -OCH3 is 1. The molecule has 0 unspecified atom stereocenters. The number of fused-ring (bicyclic) bond motifs is 1. The van der Waals surface area contributed by atoms with E-state index >= 15 is 0 Å². The van der Waals surface area contributed by atoms with Crippen molar-refractivity contribution in [3.8, 4) is 16.9 Å². The average Bonchev–Trinajstić information content (AvgIpc) is 2.88. The molecule has 0 aliphatic heterocycles. The zero-order valence-electron chi connectivity index (χ0n) is 20.0. The number of amides is 1. The highest BCUT2D eigenvalue weighted by molar-refractivity contribution is 7.98. The van der Waals surface area contributed by atoms with E-state index < -0.39 is 17.6 Å². The number of aliphatic imine (C=N–C) groups is 1.